The summed E-state index contributed by atoms with van der Waals surface area (Å²) in [5.74, 6) is 0.0347. The molecule has 0 spiro atoms. The van der Waals surface area contributed by atoms with E-state index in [9.17, 15) is 4.79 Å². The third-order valence-electron chi connectivity index (χ3n) is 3.55. The molecule has 0 aromatic heterocycles. The molecule has 0 bridgehead atoms. The maximum absolute atomic E-state index is 11.8. The fourth-order valence-electron chi connectivity index (χ4n) is 2.09. The molecule has 3 nitrogen and oxygen atoms in total. The van der Waals surface area contributed by atoms with E-state index in [1.807, 2.05) is 31.2 Å². The number of aryl methyl sites for hydroxylation is 1. The molecule has 3 heteroatoms. The number of amides is 1. The van der Waals surface area contributed by atoms with Gasteiger partial charge < -0.3 is 10.6 Å². The lowest BCUT2D eigenvalue weighted by Gasteiger charge is -2.39. The predicted molar refractivity (Wildman–Crippen MR) is 70.1 cm³/mol. The van der Waals surface area contributed by atoms with E-state index >= 15 is 0 Å². The van der Waals surface area contributed by atoms with Crippen molar-refractivity contribution < 1.29 is 4.79 Å². The van der Waals surface area contributed by atoms with E-state index in [2.05, 4.69) is 17.6 Å². The van der Waals surface area contributed by atoms with Crippen LogP contribution in [0.4, 0.5) is 5.69 Å². The van der Waals surface area contributed by atoms with Crippen LogP contribution in [0, 0.1) is 6.92 Å². The largest absolute Gasteiger partial charge is 0.325 e. The lowest BCUT2D eigenvalue weighted by atomic mass is 9.78. The Kier molecular flexibility index (Phi) is 3.48. The summed E-state index contributed by atoms with van der Waals surface area (Å²) in [6.45, 7) is 4.57. The van der Waals surface area contributed by atoms with Crippen LogP contribution in [0.25, 0.3) is 0 Å². The monoisotopic (exact) mass is 232 g/mol. The van der Waals surface area contributed by atoms with Gasteiger partial charge in [-0.2, -0.15) is 0 Å². The van der Waals surface area contributed by atoms with Gasteiger partial charge in [0.1, 0.15) is 0 Å². The third-order valence-corrected chi connectivity index (χ3v) is 3.55. The molecule has 0 radical (unpaired) electrons. The molecule has 1 aliphatic rings. The van der Waals surface area contributed by atoms with Crippen molar-refractivity contribution in [3.8, 4) is 0 Å². The normalized spacial score (nSPS) is 17.3. The molecule has 1 aromatic carbocycles. The quantitative estimate of drug-likeness (QED) is 0.837. The number of carbonyl (C=O) groups excluding carboxylic acids is 1. The number of para-hydroxylation sites is 1. The highest BCUT2D eigenvalue weighted by Crippen LogP contribution is 2.30. The fraction of sp³-hybridized carbons (Fsp3) is 0.500. The molecule has 0 saturated heterocycles. The first-order chi connectivity index (χ1) is 8.09. The van der Waals surface area contributed by atoms with Gasteiger partial charge in [-0.25, -0.2) is 0 Å². The number of nitrogens with one attached hydrogen (secondary N) is 2. The summed E-state index contributed by atoms with van der Waals surface area (Å²) in [4.78, 5) is 11.8. The lowest BCUT2D eigenvalue weighted by molar-refractivity contribution is -0.115. The Bertz CT molecular complexity index is 410. The van der Waals surface area contributed by atoms with Gasteiger partial charge in [-0.15, -0.1) is 0 Å². The van der Waals surface area contributed by atoms with Gasteiger partial charge in [-0.3, -0.25) is 4.79 Å². The highest BCUT2D eigenvalue weighted by Gasteiger charge is 2.31. The van der Waals surface area contributed by atoms with Gasteiger partial charge in [0, 0.05) is 11.2 Å². The zero-order chi connectivity index (χ0) is 12.3. The minimum absolute atomic E-state index is 0.0347. The zero-order valence-electron chi connectivity index (χ0n) is 10.5. The van der Waals surface area contributed by atoms with Crippen molar-refractivity contribution >= 4 is 11.6 Å². The van der Waals surface area contributed by atoms with E-state index in [0.717, 1.165) is 11.3 Å². The van der Waals surface area contributed by atoms with Crippen molar-refractivity contribution in [3.63, 3.8) is 0 Å². The van der Waals surface area contributed by atoms with Crippen molar-refractivity contribution in [2.75, 3.05) is 11.9 Å². The minimum atomic E-state index is 0.0347. The number of hydrogen-bond acceptors (Lipinski definition) is 2. The summed E-state index contributed by atoms with van der Waals surface area (Å²) in [5, 5.41) is 6.25. The molecule has 0 atom stereocenters. The molecule has 1 amide bonds. The maximum atomic E-state index is 11.8. The van der Waals surface area contributed by atoms with Gasteiger partial charge in [-0.1, -0.05) is 18.2 Å². The number of rotatable bonds is 4. The van der Waals surface area contributed by atoms with E-state index in [1.165, 1.54) is 19.3 Å². The topological polar surface area (TPSA) is 41.1 Å². The maximum Gasteiger partial charge on any atom is 0.238 e. The first kappa shape index (κ1) is 12.1. The molecule has 1 saturated carbocycles. The van der Waals surface area contributed by atoms with Crippen molar-refractivity contribution in [1.29, 1.82) is 0 Å². The summed E-state index contributed by atoms with van der Waals surface area (Å²) >= 11 is 0. The van der Waals surface area contributed by atoms with Gasteiger partial charge in [0.2, 0.25) is 5.91 Å². The van der Waals surface area contributed by atoms with Crippen LogP contribution in [-0.2, 0) is 4.79 Å². The number of carbonyl (C=O) groups is 1. The molecular weight excluding hydrogens is 212 g/mol. The number of anilines is 1. The number of benzene rings is 1. The third kappa shape index (κ3) is 3.07. The predicted octanol–water partition coefficient (Wildman–Crippen LogP) is 2.47. The number of hydrogen-bond donors (Lipinski definition) is 2. The van der Waals surface area contributed by atoms with E-state index < -0.39 is 0 Å². The van der Waals surface area contributed by atoms with Crippen molar-refractivity contribution in [1.82, 2.24) is 5.32 Å². The highest BCUT2D eigenvalue weighted by molar-refractivity contribution is 5.92. The Morgan fingerprint density at radius 1 is 1.35 bits per heavy atom. The molecule has 92 valence electrons. The van der Waals surface area contributed by atoms with Crippen LogP contribution in [0.1, 0.15) is 31.7 Å². The second-order valence-electron chi connectivity index (χ2n) is 5.13. The fourth-order valence-corrected chi connectivity index (χ4v) is 2.09. The standard InChI is InChI=1S/C14H20N2O/c1-11-6-3-4-7-12(11)16-13(17)10-15-14(2)8-5-9-14/h3-4,6-7,15H,5,8-10H2,1-2H3,(H,16,17). The Morgan fingerprint density at radius 3 is 2.65 bits per heavy atom. The van der Waals surface area contributed by atoms with Crippen LogP contribution in [-0.4, -0.2) is 18.0 Å². The second-order valence-corrected chi connectivity index (χ2v) is 5.13. The smallest absolute Gasteiger partial charge is 0.238 e. The minimum Gasteiger partial charge on any atom is -0.325 e. The molecule has 2 N–H and O–H groups in total. The summed E-state index contributed by atoms with van der Waals surface area (Å²) in [7, 11) is 0. The lowest BCUT2D eigenvalue weighted by Crippen LogP contribution is -2.50. The summed E-state index contributed by atoms with van der Waals surface area (Å²) in [6, 6.07) is 7.83. The van der Waals surface area contributed by atoms with Gasteiger partial charge >= 0.3 is 0 Å². The average Bonchev–Trinajstić information content (AvgIpc) is 2.27. The van der Waals surface area contributed by atoms with Gasteiger partial charge in [0.25, 0.3) is 0 Å². The highest BCUT2D eigenvalue weighted by atomic mass is 16.1. The van der Waals surface area contributed by atoms with Crippen molar-refractivity contribution in [2.45, 2.75) is 38.6 Å². The molecule has 1 aromatic rings. The molecule has 0 aliphatic heterocycles. The molecule has 1 fully saturated rings. The summed E-state index contributed by atoms with van der Waals surface area (Å²) in [6.07, 6.45) is 3.61. The van der Waals surface area contributed by atoms with Gasteiger partial charge in [-0.05, 0) is 44.7 Å². The molecule has 1 aliphatic carbocycles. The van der Waals surface area contributed by atoms with Crippen LogP contribution < -0.4 is 10.6 Å². The SMILES string of the molecule is Cc1ccccc1NC(=O)CNC1(C)CCC1. The zero-order valence-corrected chi connectivity index (χ0v) is 10.5. The van der Waals surface area contributed by atoms with Crippen LogP contribution in [0.15, 0.2) is 24.3 Å². The average molecular weight is 232 g/mol. The van der Waals surface area contributed by atoms with Gasteiger partial charge in [0.15, 0.2) is 0 Å². The molecule has 17 heavy (non-hydrogen) atoms. The molecular formula is C14H20N2O. The second kappa shape index (κ2) is 4.88. The first-order valence-corrected chi connectivity index (χ1v) is 6.20. The van der Waals surface area contributed by atoms with Crippen LogP contribution in [0.2, 0.25) is 0 Å². The summed E-state index contributed by atoms with van der Waals surface area (Å²) in [5.41, 5.74) is 2.18. The summed E-state index contributed by atoms with van der Waals surface area (Å²) < 4.78 is 0. The molecule has 2 rings (SSSR count). The van der Waals surface area contributed by atoms with Crippen LogP contribution >= 0.6 is 0 Å². The Labute approximate surface area is 103 Å². The first-order valence-electron chi connectivity index (χ1n) is 6.20. The van der Waals surface area contributed by atoms with E-state index in [-0.39, 0.29) is 11.4 Å². The van der Waals surface area contributed by atoms with E-state index in [4.69, 9.17) is 0 Å². The van der Waals surface area contributed by atoms with Gasteiger partial charge in [0.05, 0.1) is 6.54 Å². The Morgan fingerprint density at radius 2 is 2.06 bits per heavy atom. The Balaban J connectivity index is 1.83. The van der Waals surface area contributed by atoms with E-state index in [1.54, 1.807) is 0 Å². The van der Waals surface area contributed by atoms with E-state index in [0.29, 0.717) is 6.54 Å². The van der Waals surface area contributed by atoms with Crippen molar-refractivity contribution in [2.24, 2.45) is 0 Å². The molecule has 0 heterocycles. The van der Waals surface area contributed by atoms with Crippen LogP contribution in [0.3, 0.4) is 0 Å². The van der Waals surface area contributed by atoms with Crippen LogP contribution in [0.5, 0.6) is 0 Å². The Hall–Kier alpha value is -1.35. The molecule has 0 unspecified atom stereocenters. The van der Waals surface area contributed by atoms with Crippen molar-refractivity contribution in [3.05, 3.63) is 29.8 Å².